The fourth-order valence-electron chi connectivity index (χ4n) is 7.05. The first kappa shape index (κ1) is 37.8. The molecule has 6 rings (SSSR count). The SMILES string of the molecule is COCCOc1nccc(CN(C(=O)C2=C(c3ccc(CCCOc4c(F)ccc(F)c4Cl)cc3)CC3CN(C(=O)O)CC2N3C(=O)O)C2CC2)c1C. The van der Waals surface area contributed by atoms with Crippen LogP contribution in [0.2, 0.25) is 5.02 Å². The average molecular weight is 755 g/mol. The third-order valence-corrected chi connectivity index (χ3v) is 10.3. The number of hydrogen-bond acceptors (Lipinski definition) is 7. The van der Waals surface area contributed by atoms with E-state index in [2.05, 4.69) is 4.98 Å². The fraction of sp³-hybridized carbons (Fsp3) is 0.421. The van der Waals surface area contributed by atoms with Crippen LogP contribution < -0.4 is 9.47 Å². The molecule has 2 bridgehead atoms. The highest BCUT2D eigenvalue weighted by molar-refractivity contribution is 6.32. The van der Waals surface area contributed by atoms with E-state index in [0.29, 0.717) is 37.5 Å². The number of halogens is 3. The maximum Gasteiger partial charge on any atom is 0.408 e. The minimum Gasteiger partial charge on any atom is -0.489 e. The monoisotopic (exact) mass is 754 g/mol. The molecule has 2 aliphatic heterocycles. The van der Waals surface area contributed by atoms with Gasteiger partial charge in [0.15, 0.2) is 11.6 Å². The molecule has 3 amide bonds. The van der Waals surface area contributed by atoms with Crippen molar-refractivity contribution in [2.45, 2.75) is 63.7 Å². The number of ether oxygens (including phenoxy) is 3. The lowest BCUT2D eigenvalue weighted by molar-refractivity contribution is -0.129. The number of methoxy groups -OCH3 is 1. The van der Waals surface area contributed by atoms with Crippen LogP contribution in [-0.4, -0.2) is 106 Å². The van der Waals surface area contributed by atoms with Crippen LogP contribution in [0.3, 0.4) is 0 Å². The summed E-state index contributed by atoms with van der Waals surface area (Å²) in [5, 5.41) is 19.9. The van der Waals surface area contributed by atoms with Crippen molar-refractivity contribution < 1.29 is 47.6 Å². The molecule has 1 aromatic heterocycles. The highest BCUT2D eigenvalue weighted by Crippen LogP contribution is 2.41. The number of hydrogen-bond donors (Lipinski definition) is 2. The second kappa shape index (κ2) is 16.4. The van der Waals surface area contributed by atoms with E-state index in [1.807, 2.05) is 37.3 Å². The Kier molecular flexibility index (Phi) is 11.7. The second-order valence-corrected chi connectivity index (χ2v) is 13.7. The molecule has 1 saturated heterocycles. The Morgan fingerprint density at radius 3 is 2.38 bits per heavy atom. The summed E-state index contributed by atoms with van der Waals surface area (Å²) >= 11 is 5.87. The molecule has 282 valence electrons. The van der Waals surface area contributed by atoms with Crippen molar-refractivity contribution >= 4 is 35.3 Å². The van der Waals surface area contributed by atoms with Crippen molar-refractivity contribution in [2.75, 3.05) is 40.0 Å². The van der Waals surface area contributed by atoms with Crippen molar-refractivity contribution in [3.63, 3.8) is 0 Å². The standard InChI is InChI=1S/C38H41ClF2N4O8/c1-22-25(13-14-42-35(22)53-17-16-51-2)19-44(26-9-10-26)36(46)32-28(18-27-20-43(37(47)48)21-31(32)45(27)38(49)50)24-7-5-23(6-8-24)4-3-15-52-34-30(41)12-11-29(40)33(34)39/h5-8,11-14,26-27,31H,3-4,9-10,15-21H2,1-2H3,(H,47,48)(H,49,50). The van der Waals surface area contributed by atoms with Crippen LogP contribution in [0.15, 0.2) is 54.2 Å². The normalized spacial score (nSPS) is 18.2. The number of carboxylic acid groups (broad SMARTS) is 2. The first-order chi connectivity index (χ1) is 25.5. The largest absolute Gasteiger partial charge is 0.489 e. The van der Waals surface area contributed by atoms with Crippen molar-refractivity contribution in [2.24, 2.45) is 0 Å². The zero-order chi connectivity index (χ0) is 37.8. The molecule has 2 aromatic carbocycles. The van der Waals surface area contributed by atoms with Crippen LogP contribution in [-0.2, 0) is 22.5 Å². The highest BCUT2D eigenvalue weighted by atomic mass is 35.5. The van der Waals surface area contributed by atoms with E-state index in [0.717, 1.165) is 47.2 Å². The lowest BCUT2D eigenvalue weighted by Gasteiger charge is -2.49. The summed E-state index contributed by atoms with van der Waals surface area (Å²) < 4.78 is 44.2. The number of carbonyl (C=O) groups excluding carboxylic acids is 1. The van der Waals surface area contributed by atoms with Crippen molar-refractivity contribution in [3.8, 4) is 11.6 Å². The van der Waals surface area contributed by atoms with E-state index in [1.54, 1.807) is 18.2 Å². The number of carbonyl (C=O) groups is 3. The van der Waals surface area contributed by atoms with Gasteiger partial charge in [-0.15, -0.1) is 0 Å². The van der Waals surface area contributed by atoms with Gasteiger partial charge in [-0.3, -0.25) is 9.69 Å². The van der Waals surface area contributed by atoms with E-state index in [1.165, 1.54) is 9.80 Å². The average Bonchev–Trinajstić information content (AvgIpc) is 3.98. The van der Waals surface area contributed by atoms with Crippen LogP contribution >= 0.6 is 11.6 Å². The Hall–Kier alpha value is -4.95. The number of pyridine rings is 1. The van der Waals surface area contributed by atoms with E-state index in [4.69, 9.17) is 25.8 Å². The molecule has 3 aliphatic rings. The van der Waals surface area contributed by atoms with Crippen molar-refractivity contribution in [1.29, 1.82) is 0 Å². The van der Waals surface area contributed by atoms with Gasteiger partial charge in [-0.05, 0) is 79.5 Å². The molecule has 12 nitrogen and oxygen atoms in total. The molecular weight excluding hydrogens is 714 g/mol. The number of amides is 3. The minimum atomic E-state index is -1.22. The van der Waals surface area contributed by atoms with Gasteiger partial charge in [0, 0.05) is 50.1 Å². The summed E-state index contributed by atoms with van der Waals surface area (Å²) in [6.45, 7) is 2.68. The molecule has 3 aromatic rings. The zero-order valence-electron chi connectivity index (χ0n) is 29.4. The molecule has 0 radical (unpaired) electrons. The summed E-state index contributed by atoms with van der Waals surface area (Å²) in [4.78, 5) is 48.3. The molecule has 2 fully saturated rings. The second-order valence-electron chi connectivity index (χ2n) is 13.4. The van der Waals surface area contributed by atoms with E-state index < -0.39 is 40.9 Å². The van der Waals surface area contributed by atoms with Gasteiger partial charge >= 0.3 is 12.2 Å². The topological polar surface area (TPSA) is 142 Å². The Morgan fingerprint density at radius 1 is 0.962 bits per heavy atom. The third kappa shape index (κ3) is 8.33. The van der Waals surface area contributed by atoms with E-state index in [9.17, 15) is 33.4 Å². The van der Waals surface area contributed by atoms with Crippen LogP contribution in [0, 0.1) is 18.6 Å². The molecule has 3 heterocycles. The van der Waals surface area contributed by atoms with Gasteiger partial charge in [0.25, 0.3) is 5.91 Å². The van der Waals surface area contributed by atoms with Gasteiger partial charge in [-0.1, -0.05) is 35.9 Å². The Bertz CT molecular complexity index is 1890. The lowest BCUT2D eigenvalue weighted by atomic mass is 9.81. The number of aryl methyl sites for hydroxylation is 1. The number of nitrogens with zero attached hydrogens (tertiary/aromatic N) is 4. The summed E-state index contributed by atoms with van der Waals surface area (Å²) in [6, 6.07) is 9.49. The molecule has 15 heteroatoms. The quantitative estimate of drug-likeness (QED) is 0.141. The van der Waals surface area contributed by atoms with Crippen LogP contribution in [0.5, 0.6) is 11.6 Å². The predicted octanol–water partition coefficient (Wildman–Crippen LogP) is 6.42. The van der Waals surface area contributed by atoms with Crippen molar-refractivity contribution in [1.82, 2.24) is 19.7 Å². The maximum atomic E-state index is 14.9. The summed E-state index contributed by atoms with van der Waals surface area (Å²) in [7, 11) is 1.58. The summed E-state index contributed by atoms with van der Waals surface area (Å²) in [5.74, 6) is -1.77. The smallest absolute Gasteiger partial charge is 0.408 e. The molecule has 2 N–H and O–H groups in total. The Balaban J connectivity index is 1.29. The van der Waals surface area contributed by atoms with Crippen LogP contribution in [0.1, 0.15) is 47.9 Å². The van der Waals surface area contributed by atoms with Crippen LogP contribution in [0.4, 0.5) is 18.4 Å². The number of aromatic nitrogens is 1. The molecular formula is C38H41ClF2N4O8. The van der Waals surface area contributed by atoms with Crippen LogP contribution in [0.25, 0.3) is 5.57 Å². The van der Waals surface area contributed by atoms with Gasteiger partial charge in [-0.25, -0.2) is 23.4 Å². The number of rotatable bonds is 14. The summed E-state index contributed by atoms with van der Waals surface area (Å²) in [5.41, 5.74) is 4.19. The molecule has 1 saturated carbocycles. The number of benzene rings is 2. The molecule has 53 heavy (non-hydrogen) atoms. The Labute approximate surface area is 310 Å². The lowest BCUT2D eigenvalue weighted by Crippen LogP contribution is -2.65. The number of piperazine rings is 1. The highest BCUT2D eigenvalue weighted by Gasteiger charge is 2.49. The zero-order valence-corrected chi connectivity index (χ0v) is 30.2. The third-order valence-electron chi connectivity index (χ3n) is 9.92. The van der Waals surface area contributed by atoms with Gasteiger partial charge in [0.2, 0.25) is 5.88 Å². The van der Waals surface area contributed by atoms with E-state index >= 15 is 0 Å². The molecule has 1 aliphatic carbocycles. The van der Waals surface area contributed by atoms with Crippen molar-refractivity contribution in [3.05, 3.63) is 93.1 Å². The minimum absolute atomic E-state index is 0.0223. The Morgan fingerprint density at radius 2 is 1.70 bits per heavy atom. The van der Waals surface area contributed by atoms with Gasteiger partial charge in [0.1, 0.15) is 17.4 Å². The first-order valence-electron chi connectivity index (χ1n) is 17.4. The molecule has 0 spiro atoms. The van der Waals surface area contributed by atoms with Gasteiger partial charge < -0.3 is 34.2 Å². The fourth-order valence-corrected chi connectivity index (χ4v) is 7.25. The summed E-state index contributed by atoms with van der Waals surface area (Å²) in [6.07, 6.45) is 1.96. The van der Waals surface area contributed by atoms with Gasteiger partial charge in [-0.2, -0.15) is 0 Å². The molecule has 2 atom stereocenters. The first-order valence-corrected chi connectivity index (χ1v) is 17.8. The maximum absolute atomic E-state index is 14.9. The predicted molar refractivity (Wildman–Crippen MR) is 190 cm³/mol. The van der Waals surface area contributed by atoms with E-state index in [-0.39, 0.29) is 55.9 Å². The number of fused-ring (bicyclic) bond motifs is 2. The molecule has 2 unspecified atom stereocenters. The van der Waals surface area contributed by atoms with Gasteiger partial charge in [0.05, 0.1) is 25.3 Å².